The van der Waals surface area contributed by atoms with Crippen LogP contribution in [0, 0.1) is 0 Å². The van der Waals surface area contributed by atoms with Gasteiger partial charge in [0.25, 0.3) is 0 Å². The van der Waals surface area contributed by atoms with Crippen molar-refractivity contribution in [3.63, 3.8) is 0 Å². The van der Waals surface area contributed by atoms with E-state index in [4.69, 9.17) is 0 Å². The standard InChI is InChI=1S/C19H24Si.2ClH.Zr/c1-20(18-10-14-6-2-3-7-15(14)11-18)19-12-16-8-4-5-9-17(16)13-19;;;/h10-13,20H,2-9H2,1H3;2*1H;/q-2;;;+4/p-2. The molecular formula is C19H24Cl2SiZr. The summed E-state index contributed by atoms with van der Waals surface area (Å²) in [5.74, 6) is 0. The Balaban J connectivity index is 0.000000882. The van der Waals surface area contributed by atoms with E-state index in [1.165, 1.54) is 51.4 Å². The first-order valence-electron chi connectivity index (χ1n) is 8.38. The molecule has 0 saturated heterocycles. The monoisotopic (exact) mass is 440 g/mol. The third-order valence-corrected chi connectivity index (χ3v) is 8.14. The molecule has 0 N–H and O–H groups in total. The molecular weight excluding hydrogens is 418 g/mol. The number of hydrogen-bond acceptors (Lipinski definition) is 0. The van der Waals surface area contributed by atoms with Gasteiger partial charge in [-0.05, 0) is 0 Å². The topological polar surface area (TPSA) is 0 Å². The molecule has 0 aromatic heterocycles. The van der Waals surface area contributed by atoms with Crippen LogP contribution in [0.5, 0.6) is 0 Å². The molecule has 0 aliphatic heterocycles. The molecule has 0 radical (unpaired) electrons. The minimum Gasteiger partial charge on any atom is -1.00 e. The summed E-state index contributed by atoms with van der Waals surface area (Å²) in [5, 5.41) is 3.39. The Morgan fingerprint density at radius 2 is 1.13 bits per heavy atom. The van der Waals surface area contributed by atoms with Crippen molar-refractivity contribution >= 4 is 19.2 Å². The van der Waals surface area contributed by atoms with Gasteiger partial charge in [-0.3, -0.25) is 0 Å². The van der Waals surface area contributed by atoms with Crippen LogP contribution in [0.3, 0.4) is 0 Å². The SMILES string of the molecule is C[SiH](c1cc2c([cH-]1)CCCC2)c1cc2c([cH-]1)CCCC2.[Cl-].[Cl-].[Zr+4]. The van der Waals surface area contributed by atoms with Crippen molar-refractivity contribution in [2.24, 2.45) is 0 Å². The van der Waals surface area contributed by atoms with E-state index >= 15 is 0 Å². The summed E-state index contributed by atoms with van der Waals surface area (Å²) in [6.45, 7) is 2.53. The molecule has 4 heteroatoms. The van der Waals surface area contributed by atoms with E-state index in [1.807, 2.05) is 0 Å². The number of halogens is 2. The second-order valence-corrected chi connectivity index (χ2v) is 9.59. The van der Waals surface area contributed by atoms with Gasteiger partial charge in [0.1, 0.15) is 0 Å². The zero-order chi connectivity index (χ0) is 13.5. The van der Waals surface area contributed by atoms with Crippen LogP contribution in [0.25, 0.3) is 0 Å². The first kappa shape index (κ1) is 21.4. The zero-order valence-corrected chi connectivity index (χ0v) is 18.9. The molecule has 2 aromatic rings. The van der Waals surface area contributed by atoms with Crippen molar-refractivity contribution in [1.29, 1.82) is 0 Å². The van der Waals surface area contributed by atoms with Crippen LogP contribution in [-0.4, -0.2) is 8.80 Å². The van der Waals surface area contributed by atoms with Crippen LogP contribution in [-0.2, 0) is 51.9 Å². The molecule has 0 amide bonds. The number of aryl methyl sites for hydroxylation is 4. The molecule has 0 nitrogen and oxygen atoms in total. The molecule has 0 spiro atoms. The van der Waals surface area contributed by atoms with Crippen LogP contribution < -0.4 is 35.2 Å². The summed E-state index contributed by atoms with van der Waals surface area (Å²) >= 11 is 0. The first-order chi connectivity index (χ1) is 9.81. The van der Waals surface area contributed by atoms with Gasteiger partial charge in [-0.25, -0.2) is 12.1 Å². The van der Waals surface area contributed by atoms with Crippen molar-refractivity contribution in [3.05, 3.63) is 46.5 Å². The predicted octanol–water partition coefficient (Wildman–Crippen LogP) is -3.14. The van der Waals surface area contributed by atoms with Crippen LogP contribution in [0.1, 0.15) is 47.9 Å². The fourth-order valence-corrected chi connectivity index (χ4v) is 6.33. The molecule has 23 heavy (non-hydrogen) atoms. The Bertz CT molecular complexity index is 528. The smallest absolute Gasteiger partial charge is 1.00 e. The summed E-state index contributed by atoms with van der Waals surface area (Å²) in [7, 11) is -0.933. The molecule has 122 valence electrons. The minimum absolute atomic E-state index is 0. The number of rotatable bonds is 2. The molecule has 0 bridgehead atoms. The number of fused-ring (bicyclic) bond motifs is 2. The molecule has 0 unspecified atom stereocenters. The van der Waals surface area contributed by atoms with E-state index in [0.29, 0.717) is 0 Å². The van der Waals surface area contributed by atoms with E-state index in [2.05, 4.69) is 30.8 Å². The summed E-state index contributed by atoms with van der Waals surface area (Å²) in [4.78, 5) is 0. The molecule has 2 aromatic carbocycles. The van der Waals surface area contributed by atoms with E-state index < -0.39 is 8.80 Å². The van der Waals surface area contributed by atoms with E-state index in [1.54, 1.807) is 32.6 Å². The van der Waals surface area contributed by atoms with Crippen molar-refractivity contribution in [2.45, 2.75) is 57.9 Å². The molecule has 2 aliphatic rings. The molecule has 0 atom stereocenters. The van der Waals surface area contributed by atoms with E-state index in [9.17, 15) is 0 Å². The Morgan fingerprint density at radius 1 is 0.739 bits per heavy atom. The Hall–Kier alpha value is 0.380. The zero-order valence-electron chi connectivity index (χ0n) is 13.8. The van der Waals surface area contributed by atoms with E-state index in [-0.39, 0.29) is 51.0 Å². The normalized spacial score (nSPS) is 15.7. The fraction of sp³-hybridized carbons (Fsp3) is 0.474. The summed E-state index contributed by atoms with van der Waals surface area (Å²) in [6.07, 6.45) is 10.9. The van der Waals surface area contributed by atoms with Gasteiger partial charge in [0.05, 0.1) is 0 Å². The molecule has 0 saturated carbocycles. The van der Waals surface area contributed by atoms with Gasteiger partial charge in [0.15, 0.2) is 0 Å². The molecule has 2 aliphatic carbocycles. The Labute approximate surface area is 173 Å². The average molecular weight is 443 g/mol. The fourth-order valence-electron chi connectivity index (χ4n) is 4.14. The summed E-state index contributed by atoms with van der Waals surface area (Å²) < 4.78 is 0. The second-order valence-electron chi connectivity index (χ2n) is 6.81. The third-order valence-electron chi connectivity index (χ3n) is 5.47. The minimum atomic E-state index is -0.933. The van der Waals surface area contributed by atoms with Gasteiger partial charge in [-0.2, -0.15) is 44.8 Å². The van der Waals surface area contributed by atoms with Crippen molar-refractivity contribution in [3.8, 4) is 0 Å². The molecule has 0 heterocycles. The second kappa shape index (κ2) is 9.18. The Kier molecular flexibility index (Phi) is 8.55. The van der Waals surface area contributed by atoms with Gasteiger partial charge in [0.2, 0.25) is 0 Å². The van der Waals surface area contributed by atoms with Crippen molar-refractivity contribution < 1.29 is 51.0 Å². The maximum Gasteiger partial charge on any atom is 4.00 e. The van der Waals surface area contributed by atoms with Crippen LogP contribution >= 0.6 is 0 Å². The van der Waals surface area contributed by atoms with Crippen LogP contribution in [0.15, 0.2) is 24.3 Å². The quantitative estimate of drug-likeness (QED) is 0.341. The summed E-state index contributed by atoms with van der Waals surface area (Å²) in [5.41, 5.74) is 6.67. The maximum atomic E-state index is 2.55. The predicted molar refractivity (Wildman–Crippen MR) is 89.6 cm³/mol. The molecule has 0 fully saturated rings. The van der Waals surface area contributed by atoms with E-state index in [0.717, 1.165) is 0 Å². The van der Waals surface area contributed by atoms with Gasteiger partial charge < -0.3 is 24.8 Å². The van der Waals surface area contributed by atoms with Gasteiger partial charge in [-0.15, -0.1) is 0 Å². The number of hydrogen-bond donors (Lipinski definition) is 0. The van der Waals surface area contributed by atoms with Gasteiger partial charge in [-0.1, -0.05) is 57.9 Å². The molecule has 4 rings (SSSR count). The largest absolute Gasteiger partial charge is 4.00 e. The van der Waals surface area contributed by atoms with Crippen molar-refractivity contribution in [2.75, 3.05) is 0 Å². The average Bonchev–Trinajstić information content (AvgIpc) is 3.10. The van der Waals surface area contributed by atoms with Gasteiger partial charge in [0, 0.05) is 8.80 Å². The Morgan fingerprint density at radius 3 is 1.52 bits per heavy atom. The third kappa shape index (κ3) is 4.32. The van der Waals surface area contributed by atoms with Crippen LogP contribution in [0.2, 0.25) is 6.55 Å². The maximum absolute atomic E-state index is 2.55. The summed E-state index contributed by atoms with van der Waals surface area (Å²) in [6, 6.07) is 10.2. The van der Waals surface area contributed by atoms with Crippen LogP contribution in [0.4, 0.5) is 0 Å². The first-order valence-corrected chi connectivity index (χ1v) is 10.7. The van der Waals surface area contributed by atoms with Crippen molar-refractivity contribution in [1.82, 2.24) is 0 Å². The van der Waals surface area contributed by atoms with Gasteiger partial charge >= 0.3 is 26.2 Å².